The van der Waals surface area contributed by atoms with E-state index in [1.54, 1.807) is 50.5 Å². The molecule has 1 fully saturated rings. The minimum atomic E-state index is -1.07. The maximum Gasteiger partial charge on any atom is 0.230 e. The van der Waals surface area contributed by atoms with Crippen molar-refractivity contribution >= 4 is 11.9 Å². The molecular weight excluding hydrogens is 335 g/mol. The van der Waals surface area contributed by atoms with E-state index in [-0.39, 0.29) is 12.5 Å². The van der Waals surface area contributed by atoms with Crippen LogP contribution in [0.2, 0.25) is 0 Å². The number of β-amino-alcohol motifs (C(OH)–C–C–N with tert-alkyl or cyclic N) is 1. The summed E-state index contributed by atoms with van der Waals surface area (Å²) in [5.74, 6) is -0.188. The van der Waals surface area contributed by atoms with Crippen molar-refractivity contribution in [2.24, 2.45) is 0 Å². The number of hydrogen-bond donors (Lipinski definition) is 2. The van der Waals surface area contributed by atoms with Gasteiger partial charge in [-0.2, -0.15) is 0 Å². The highest BCUT2D eigenvalue weighted by Gasteiger charge is 2.39. The van der Waals surface area contributed by atoms with Crippen molar-refractivity contribution in [1.82, 2.24) is 15.3 Å². The molecule has 1 aliphatic heterocycles. The molecule has 2 N–H and O–H groups in total. The lowest BCUT2D eigenvalue weighted by molar-refractivity contribution is -0.126. The lowest BCUT2D eigenvalue weighted by Gasteiger charge is -2.28. The van der Waals surface area contributed by atoms with E-state index >= 15 is 0 Å². The summed E-state index contributed by atoms with van der Waals surface area (Å²) in [5, 5.41) is 13.6. The van der Waals surface area contributed by atoms with Crippen molar-refractivity contribution in [1.29, 1.82) is 0 Å². The molecule has 0 bridgehead atoms. The highest BCUT2D eigenvalue weighted by molar-refractivity contribution is 5.87. The standard InChI is InChI=1S/C19H23FN4O2/c1-18(2,14-6-3-4-7-15(14)20)16(25)23-12-19(26)8-11-24(13-19)17-21-9-5-10-22-17/h3-7,9-10,26H,8,11-13H2,1-2H3,(H,23,25)/t19-/m1/s1. The molecule has 1 aromatic heterocycles. The topological polar surface area (TPSA) is 78.4 Å². The number of carbonyl (C=O) groups excluding carboxylic acids is 1. The van der Waals surface area contributed by atoms with Crippen LogP contribution in [0.3, 0.4) is 0 Å². The minimum Gasteiger partial charge on any atom is -0.386 e. The van der Waals surface area contributed by atoms with Crippen LogP contribution in [0.1, 0.15) is 25.8 Å². The molecule has 1 aromatic carbocycles. The molecule has 0 spiro atoms. The first-order valence-corrected chi connectivity index (χ1v) is 8.59. The number of halogens is 1. The Bertz CT molecular complexity index is 784. The van der Waals surface area contributed by atoms with Gasteiger partial charge in [-0.1, -0.05) is 18.2 Å². The molecular formula is C19H23FN4O2. The minimum absolute atomic E-state index is 0.0903. The van der Waals surface area contributed by atoms with Gasteiger partial charge >= 0.3 is 0 Å². The Balaban J connectivity index is 1.63. The van der Waals surface area contributed by atoms with E-state index < -0.39 is 16.8 Å². The second kappa shape index (κ2) is 6.99. The van der Waals surface area contributed by atoms with E-state index in [1.165, 1.54) is 6.07 Å². The van der Waals surface area contributed by atoms with Gasteiger partial charge in [-0.05, 0) is 32.4 Å². The highest BCUT2D eigenvalue weighted by atomic mass is 19.1. The molecule has 7 heteroatoms. The predicted octanol–water partition coefficient (Wildman–Crippen LogP) is 1.65. The average molecular weight is 358 g/mol. The first kappa shape index (κ1) is 18.3. The summed E-state index contributed by atoms with van der Waals surface area (Å²) in [6, 6.07) is 7.97. The first-order valence-electron chi connectivity index (χ1n) is 8.59. The molecule has 26 heavy (non-hydrogen) atoms. The molecule has 1 aliphatic rings. The van der Waals surface area contributed by atoms with Crippen LogP contribution in [0.5, 0.6) is 0 Å². The molecule has 138 valence electrons. The summed E-state index contributed by atoms with van der Waals surface area (Å²) < 4.78 is 14.1. The van der Waals surface area contributed by atoms with Gasteiger partial charge in [0.05, 0.1) is 12.0 Å². The van der Waals surface area contributed by atoms with E-state index in [1.807, 2.05) is 4.90 Å². The quantitative estimate of drug-likeness (QED) is 0.850. The number of nitrogens with zero attached hydrogens (tertiary/aromatic N) is 3. The van der Waals surface area contributed by atoms with Crippen LogP contribution in [-0.4, -0.2) is 46.2 Å². The zero-order valence-electron chi connectivity index (χ0n) is 14.9. The molecule has 2 aromatic rings. The summed E-state index contributed by atoms with van der Waals surface area (Å²) in [7, 11) is 0. The predicted molar refractivity (Wildman–Crippen MR) is 96.2 cm³/mol. The summed E-state index contributed by atoms with van der Waals surface area (Å²) >= 11 is 0. The number of aliphatic hydroxyl groups is 1. The fraction of sp³-hybridized carbons (Fsp3) is 0.421. The van der Waals surface area contributed by atoms with Crippen molar-refractivity contribution in [2.75, 3.05) is 24.5 Å². The van der Waals surface area contributed by atoms with Crippen molar-refractivity contribution in [2.45, 2.75) is 31.3 Å². The van der Waals surface area contributed by atoms with Crippen LogP contribution in [0.15, 0.2) is 42.7 Å². The van der Waals surface area contributed by atoms with Gasteiger partial charge in [0.1, 0.15) is 11.4 Å². The van der Waals surface area contributed by atoms with Crippen LogP contribution in [0.4, 0.5) is 10.3 Å². The van der Waals surface area contributed by atoms with Gasteiger partial charge < -0.3 is 15.3 Å². The zero-order valence-corrected chi connectivity index (χ0v) is 14.9. The van der Waals surface area contributed by atoms with Crippen molar-refractivity contribution < 1.29 is 14.3 Å². The van der Waals surface area contributed by atoms with Crippen molar-refractivity contribution in [3.8, 4) is 0 Å². The van der Waals surface area contributed by atoms with Crippen LogP contribution < -0.4 is 10.2 Å². The molecule has 1 atom stereocenters. The van der Waals surface area contributed by atoms with E-state index in [4.69, 9.17) is 0 Å². The number of aromatic nitrogens is 2. The van der Waals surface area contributed by atoms with E-state index in [9.17, 15) is 14.3 Å². The van der Waals surface area contributed by atoms with Gasteiger partial charge in [0, 0.05) is 31.0 Å². The van der Waals surface area contributed by atoms with E-state index in [0.717, 1.165) is 0 Å². The Labute approximate surface area is 152 Å². The summed E-state index contributed by atoms with van der Waals surface area (Å²) in [6.45, 7) is 4.37. The van der Waals surface area contributed by atoms with Gasteiger partial charge in [0.15, 0.2) is 0 Å². The van der Waals surface area contributed by atoms with Crippen molar-refractivity contribution in [3.05, 3.63) is 54.1 Å². The molecule has 0 aliphatic carbocycles. The number of benzene rings is 1. The molecule has 0 unspecified atom stereocenters. The Morgan fingerprint density at radius 3 is 2.69 bits per heavy atom. The number of hydrogen-bond acceptors (Lipinski definition) is 5. The number of anilines is 1. The molecule has 0 saturated carbocycles. The van der Waals surface area contributed by atoms with Crippen LogP contribution in [0.25, 0.3) is 0 Å². The smallest absolute Gasteiger partial charge is 0.230 e. The third-order valence-electron chi connectivity index (χ3n) is 4.86. The van der Waals surface area contributed by atoms with Gasteiger partial charge in [0.2, 0.25) is 11.9 Å². The normalized spacial score (nSPS) is 20.2. The van der Waals surface area contributed by atoms with E-state index in [2.05, 4.69) is 15.3 Å². The highest BCUT2D eigenvalue weighted by Crippen LogP contribution is 2.27. The Morgan fingerprint density at radius 1 is 1.31 bits per heavy atom. The Kier molecular flexibility index (Phi) is 4.91. The maximum absolute atomic E-state index is 14.1. The number of carbonyl (C=O) groups is 1. The van der Waals surface area contributed by atoms with E-state index in [0.29, 0.717) is 31.0 Å². The zero-order chi connectivity index (χ0) is 18.8. The SMILES string of the molecule is CC(C)(C(=O)NC[C@]1(O)CCN(c2ncccn2)C1)c1ccccc1F. The molecule has 0 radical (unpaired) electrons. The summed E-state index contributed by atoms with van der Waals surface area (Å²) in [5.41, 5.74) is -1.78. The molecule has 1 saturated heterocycles. The first-order chi connectivity index (χ1) is 12.3. The lowest BCUT2D eigenvalue weighted by Crippen LogP contribution is -2.49. The number of amides is 1. The average Bonchev–Trinajstić information content (AvgIpc) is 3.03. The Hall–Kier alpha value is -2.54. The summed E-state index contributed by atoms with van der Waals surface area (Å²) in [4.78, 5) is 22.9. The summed E-state index contributed by atoms with van der Waals surface area (Å²) in [6.07, 6.45) is 3.79. The van der Waals surface area contributed by atoms with Crippen molar-refractivity contribution in [3.63, 3.8) is 0 Å². The van der Waals surface area contributed by atoms with Crippen LogP contribution in [-0.2, 0) is 10.2 Å². The largest absolute Gasteiger partial charge is 0.386 e. The molecule has 2 heterocycles. The van der Waals surface area contributed by atoms with Gasteiger partial charge in [-0.25, -0.2) is 14.4 Å². The molecule has 1 amide bonds. The Morgan fingerprint density at radius 2 is 2.00 bits per heavy atom. The molecule has 6 nitrogen and oxygen atoms in total. The van der Waals surface area contributed by atoms with Gasteiger partial charge in [-0.15, -0.1) is 0 Å². The van der Waals surface area contributed by atoms with Gasteiger partial charge in [-0.3, -0.25) is 4.79 Å². The van der Waals surface area contributed by atoms with Crippen LogP contribution >= 0.6 is 0 Å². The fourth-order valence-corrected chi connectivity index (χ4v) is 3.18. The monoisotopic (exact) mass is 358 g/mol. The van der Waals surface area contributed by atoms with Crippen LogP contribution in [0, 0.1) is 5.82 Å². The fourth-order valence-electron chi connectivity index (χ4n) is 3.18. The molecule has 3 rings (SSSR count). The number of rotatable bonds is 5. The second-order valence-electron chi connectivity index (χ2n) is 7.23. The lowest BCUT2D eigenvalue weighted by atomic mass is 9.83. The van der Waals surface area contributed by atoms with Gasteiger partial charge in [0.25, 0.3) is 0 Å². The second-order valence-corrected chi connectivity index (χ2v) is 7.23. The maximum atomic E-state index is 14.1. The number of nitrogens with one attached hydrogen (secondary N) is 1. The third-order valence-corrected chi connectivity index (χ3v) is 4.86. The third kappa shape index (κ3) is 3.67.